The number of anilines is 2. The maximum absolute atomic E-state index is 4.52. The molecule has 1 fully saturated rings. The van der Waals surface area contributed by atoms with E-state index in [1.54, 1.807) is 6.20 Å². The largest absolute Gasteiger partial charge is 0.366 e. The third kappa shape index (κ3) is 3.79. The molecule has 19 heavy (non-hydrogen) atoms. The lowest BCUT2D eigenvalue weighted by atomic mass is 9.94. The van der Waals surface area contributed by atoms with Crippen molar-refractivity contribution in [3.63, 3.8) is 0 Å². The number of piperidine rings is 1. The molecule has 1 aromatic heterocycles. The Labute approximate surface area is 123 Å². The first kappa shape index (κ1) is 14.5. The van der Waals surface area contributed by atoms with E-state index in [0.29, 0.717) is 17.9 Å². The van der Waals surface area contributed by atoms with Gasteiger partial charge in [0.1, 0.15) is 5.82 Å². The molecular formula is C13H22BrN5. The first-order chi connectivity index (χ1) is 9.10. The summed E-state index contributed by atoms with van der Waals surface area (Å²) in [5.74, 6) is 2.17. The van der Waals surface area contributed by atoms with Crippen LogP contribution in [0.4, 0.5) is 11.8 Å². The van der Waals surface area contributed by atoms with Crippen LogP contribution in [-0.4, -0.2) is 47.6 Å². The third-order valence-corrected chi connectivity index (χ3v) is 4.09. The summed E-state index contributed by atoms with van der Waals surface area (Å²) >= 11 is 3.51. The fraction of sp³-hybridized carbons (Fsp3) is 0.692. The fourth-order valence-electron chi connectivity index (χ4n) is 2.46. The molecule has 5 nitrogen and oxygen atoms in total. The number of likely N-dealkylation sites (tertiary alicyclic amines) is 1. The molecular weight excluding hydrogens is 306 g/mol. The van der Waals surface area contributed by atoms with Crippen LogP contribution in [-0.2, 0) is 0 Å². The van der Waals surface area contributed by atoms with E-state index in [1.165, 1.54) is 0 Å². The minimum atomic E-state index is 0.469. The van der Waals surface area contributed by atoms with Crippen LogP contribution >= 0.6 is 15.9 Å². The lowest BCUT2D eigenvalue weighted by Gasteiger charge is -2.35. The topological polar surface area (TPSA) is 53.1 Å². The van der Waals surface area contributed by atoms with Gasteiger partial charge in [0.25, 0.3) is 0 Å². The molecule has 0 aliphatic carbocycles. The molecule has 1 aliphatic heterocycles. The van der Waals surface area contributed by atoms with Crippen LogP contribution in [0.1, 0.15) is 20.3 Å². The lowest BCUT2D eigenvalue weighted by Crippen LogP contribution is -2.43. The molecule has 0 aromatic carbocycles. The molecule has 0 saturated carbocycles. The molecule has 0 bridgehead atoms. The van der Waals surface area contributed by atoms with Gasteiger partial charge in [-0.15, -0.1) is 0 Å². The van der Waals surface area contributed by atoms with E-state index >= 15 is 0 Å². The Bertz CT molecular complexity index is 425. The molecule has 2 unspecified atom stereocenters. The van der Waals surface area contributed by atoms with Gasteiger partial charge in [-0.3, -0.25) is 0 Å². The van der Waals surface area contributed by atoms with Gasteiger partial charge in [-0.25, -0.2) is 4.98 Å². The first-order valence-electron chi connectivity index (χ1n) is 6.81. The molecule has 2 N–H and O–H groups in total. The maximum Gasteiger partial charge on any atom is 0.224 e. The molecule has 1 saturated heterocycles. The van der Waals surface area contributed by atoms with Crippen LogP contribution in [0.3, 0.4) is 0 Å². The normalized spacial score (nSPS) is 24.2. The van der Waals surface area contributed by atoms with Gasteiger partial charge >= 0.3 is 0 Å². The highest BCUT2D eigenvalue weighted by molar-refractivity contribution is 9.10. The van der Waals surface area contributed by atoms with E-state index in [-0.39, 0.29) is 0 Å². The zero-order valence-electron chi connectivity index (χ0n) is 11.8. The SMILES string of the molecule is CCNc1ncc(Br)c(NC2CCN(C)CC2C)n1. The second-order valence-electron chi connectivity index (χ2n) is 5.20. The molecule has 2 heterocycles. The van der Waals surface area contributed by atoms with Gasteiger partial charge in [0.15, 0.2) is 0 Å². The van der Waals surface area contributed by atoms with Crippen molar-refractivity contribution in [2.24, 2.45) is 5.92 Å². The van der Waals surface area contributed by atoms with E-state index in [0.717, 1.165) is 36.3 Å². The summed E-state index contributed by atoms with van der Waals surface area (Å²) in [7, 11) is 2.18. The standard InChI is InChI=1S/C13H22BrN5/c1-4-15-13-16-7-10(14)12(18-13)17-11-5-6-19(3)8-9(11)2/h7,9,11H,4-6,8H2,1-3H3,(H2,15,16,17,18). The Morgan fingerprint density at radius 3 is 3.00 bits per heavy atom. The second kappa shape index (κ2) is 6.52. The van der Waals surface area contributed by atoms with Crippen LogP contribution in [0.2, 0.25) is 0 Å². The van der Waals surface area contributed by atoms with Crippen LogP contribution < -0.4 is 10.6 Å². The lowest BCUT2D eigenvalue weighted by molar-refractivity contribution is 0.206. The third-order valence-electron chi connectivity index (χ3n) is 3.51. The molecule has 1 aromatic rings. The van der Waals surface area contributed by atoms with Crippen LogP contribution in [0.15, 0.2) is 10.7 Å². The Morgan fingerprint density at radius 2 is 2.32 bits per heavy atom. The maximum atomic E-state index is 4.52. The van der Waals surface area contributed by atoms with Gasteiger partial charge in [-0.05, 0) is 48.8 Å². The quantitative estimate of drug-likeness (QED) is 0.889. The van der Waals surface area contributed by atoms with Crippen LogP contribution in [0.5, 0.6) is 0 Å². The summed E-state index contributed by atoms with van der Waals surface area (Å²) in [4.78, 5) is 11.1. The summed E-state index contributed by atoms with van der Waals surface area (Å²) in [6.45, 7) is 7.40. The van der Waals surface area contributed by atoms with Crippen molar-refractivity contribution in [1.82, 2.24) is 14.9 Å². The average Bonchev–Trinajstić information content (AvgIpc) is 2.37. The van der Waals surface area contributed by atoms with E-state index in [1.807, 2.05) is 6.92 Å². The summed E-state index contributed by atoms with van der Waals surface area (Å²) in [6, 6.07) is 0.469. The molecule has 1 aliphatic rings. The molecule has 2 rings (SSSR count). The Kier molecular flexibility index (Phi) is 4.99. The second-order valence-corrected chi connectivity index (χ2v) is 6.05. The highest BCUT2D eigenvalue weighted by Crippen LogP contribution is 2.25. The monoisotopic (exact) mass is 327 g/mol. The van der Waals surface area contributed by atoms with Gasteiger partial charge in [0, 0.05) is 25.3 Å². The number of halogens is 1. The zero-order chi connectivity index (χ0) is 13.8. The first-order valence-corrected chi connectivity index (χ1v) is 7.61. The fourth-order valence-corrected chi connectivity index (χ4v) is 2.76. The van der Waals surface area contributed by atoms with Crippen molar-refractivity contribution in [3.8, 4) is 0 Å². The van der Waals surface area contributed by atoms with Gasteiger partial charge in [0.2, 0.25) is 5.95 Å². The summed E-state index contributed by atoms with van der Waals surface area (Å²) in [6.07, 6.45) is 2.94. The predicted molar refractivity (Wildman–Crippen MR) is 82.6 cm³/mol. The van der Waals surface area contributed by atoms with Gasteiger partial charge < -0.3 is 15.5 Å². The molecule has 6 heteroatoms. The zero-order valence-corrected chi connectivity index (χ0v) is 13.4. The van der Waals surface area contributed by atoms with E-state index in [9.17, 15) is 0 Å². The number of nitrogens with zero attached hydrogens (tertiary/aromatic N) is 3. The number of hydrogen-bond donors (Lipinski definition) is 2. The smallest absolute Gasteiger partial charge is 0.224 e. The van der Waals surface area contributed by atoms with Crippen molar-refractivity contribution in [3.05, 3.63) is 10.7 Å². The Hall–Kier alpha value is -0.880. The van der Waals surface area contributed by atoms with Gasteiger partial charge in [0.05, 0.1) is 4.47 Å². The van der Waals surface area contributed by atoms with Gasteiger partial charge in [-0.1, -0.05) is 6.92 Å². The number of aromatic nitrogens is 2. The minimum Gasteiger partial charge on any atom is -0.366 e. The van der Waals surface area contributed by atoms with Crippen molar-refractivity contribution in [2.45, 2.75) is 26.3 Å². The summed E-state index contributed by atoms with van der Waals surface area (Å²) in [5.41, 5.74) is 0. The van der Waals surface area contributed by atoms with Crippen molar-refractivity contribution < 1.29 is 0 Å². The van der Waals surface area contributed by atoms with E-state index in [4.69, 9.17) is 0 Å². The number of rotatable bonds is 4. The predicted octanol–water partition coefficient (Wildman–Crippen LogP) is 2.42. The summed E-state index contributed by atoms with van der Waals surface area (Å²) in [5, 5.41) is 6.69. The summed E-state index contributed by atoms with van der Waals surface area (Å²) < 4.78 is 0.917. The van der Waals surface area contributed by atoms with Crippen LogP contribution in [0.25, 0.3) is 0 Å². The highest BCUT2D eigenvalue weighted by Gasteiger charge is 2.24. The van der Waals surface area contributed by atoms with Crippen LogP contribution in [0, 0.1) is 5.92 Å². The van der Waals surface area contributed by atoms with Crippen molar-refractivity contribution in [1.29, 1.82) is 0 Å². The number of nitrogens with one attached hydrogen (secondary N) is 2. The molecule has 2 atom stereocenters. The van der Waals surface area contributed by atoms with Gasteiger partial charge in [-0.2, -0.15) is 4.98 Å². The molecule has 0 spiro atoms. The van der Waals surface area contributed by atoms with E-state index in [2.05, 4.69) is 55.4 Å². The minimum absolute atomic E-state index is 0.469. The highest BCUT2D eigenvalue weighted by atomic mass is 79.9. The van der Waals surface area contributed by atoms with E-state index < -0.39 is 0 Å². The Morgan fingerprint density at radius 1 is 1.53 bits per heavy atom. The molecule has 0 amide bonds. The number of hydrogen-bond acceptors (Lipinski definition) is 5. The molecule has 106 valence electrons. The van der Waals surface area contributed by atoms with Crippen molar-refractivity contribution in [2.75, 3.05) is 37.3 Å². The van der Waals surface area contributed by atoms with Crippen molar-refractivity contribution >= 4 is 27.7 Å². The molecule has 0 radical (unpaired) electrons. The Balaban J connectivity index is 2.07. The average molecular weight is 328 g/mol.